The molecule has 1 rings (SSSR count). The van der Waals surface area contributed by atoms with Gasteiger partial charge in [0.1, 0.15) is 0 Å². The van der Waals surface area contributed by atoms with Gasteiger partial charge in [0.2, 0.25) is 5.82 Å². The molecule has 6 heteroatoms. The van der Waals surface area contributed by atoms with Crippen LogP contribution >= 0.6 is 12.2 Å². The highest BCUT2D eigenvalue weighted by molar-refractivity contribution is 7.71. The molecule has 12 heavy (non-hydrogen) atoms. The number of carboxylic acid groups (broad SMARTS) is 1. The second-order valence-corrected chi connectivity index (χ2v) is 2.89. The van der Waals surface area contributed by atoms with Crippen molar-refractivity contribution in [2.24, 2.45) is 7.05 Å². The molecule has 0 saturated carbocycles. The van der Waals surface area contributed by atoms with Crippen LogP contribution in [0.15, 0.2) is 0 Å². The first-order valence-corrected chi connectivity index (χ1v) is 3.80. The molecule has 66 valence electrons. The minimum absolute atomic E-state index is 0.0952. The van der Waals surface area contributed by atoms with Crippen molar-refractivity contribution in [3.8, 4) is 0 Å². The summed E-state index contributed by atoms with van der Waals surface area (Å²) in [4.78, 5) is 10.4. The lowest BCUT2D eigenvalue weighted by molar-refractivity contribution is -0.698. The molecule has 1 heterocycles. The third kappa shape index (κ3) is 1.53. The lowest BCUT2D eigenvalue weighted by Gasteiger charge is -1.92. The molecule has 1 aromatic rings. The zero-order valence-electron chi connectivity index (χ0n) is 6.87. The van der Waals surface area contributed by atoms with E-state index in [1.807, 2.05) is 0 Å². The number of H-pyrrole nitrogens is 1. The quantitative estimate of drug-likeness (QED) is 0.497. The molecule has 0 bridgehead atoms. The highest BCUT2D eigenvalue weighted by Gasteiger charge is 2.13. The molecule has 0 aliphatic heterocycles. The Hall–Kier alpha value is -1.17. The standard InChI is InChI=1S/C6H9N3O2S/c1-4-8(2)7-6(12)9(4)3-5(10)11/h3H2,1-2H3,(H-,7,10,11,12)/p+1. The molecule has 0 unspecified atom stereocenters. The summed E-state index contributed by atoms with van der Waals surface area (Å²) in [6, 6.07) is 0. The number of carboxylic acids is 1. The maximum atomic E-state index is 10.4. The van der Waals surface area contributed by atoms with Gasteiger partial charge in [-0.3, -0.25) is 0 Å². The molecular weight excluding hydrogens is 178 g/mol. The van der Waals surface area contributed by atoms with E-state index in [4.69, 9.17) is 17.3 Å². The molecule has 0 aliphatic rings. The van der Waals surface area contributed by atoms with Gasteiger partial charge in [0.25, 0.3) is 0 Å². The Morgan fingerprint density at radius 2 is 2.42 bits per heavy atom. The smallest absolute Gasteiger partial charge is 0.338 e. The summed E-state index contributed by atoms with van der Waals surface area (Å²) >= 11 is 4.90. The molecule has 0 aliphatic carbocycles. The number of nitrogens with one attached hydrogen (secondary N) is 1. The number of rotatable bonds is 2. The van der Waals surface area contributed by atoms with Gasteiger partial charge in [0, 0.05) is 6.92 Å². The van der Waals surface area contributed by atoms with Crippen LogP contribution in [0.3, 0.4) is 0 Å². The second kappa shape index (κ2) is 3.06. The summed E-state index contributed by atoms with van der Waals surface area (Å²) in [5.74, 6) is -0.101. The van der Waals surface area contributed by atoms with Crippen LogP contribution < -0.4 is 4.57 Å². The van der Waals surface area contributed by atoms with Crippen LogP contribution in [-0.2, 0) is 18.4 Å². The van der Waals surface area contributed by atoms with Gasteiger partial charge in [0.05, 0.1) is 7.05 Å². The van der Waals surface area contributed by atoms with E-state index in [1.54, 1.807) is 18.7 Å². The SMILES string of the molecule is Cc1n(C)[nH]c(=S)[n+]1CC(=O)O. The van der Waals surface area contributed by atoms with Crippen molar-refractivity contribution in [3.05, 3.63) is 10.6 Å². The first-order chi connectivity index (χ1) is 5.52. The van der Waals surface area contributed by atoms with Crippen LogP contribution in [0, 0.1) is 11.7 Å². The van der Waals surface area contributed by atoms with Crippen molar-refractivity contribution in [2.45, 2.75) is 13.5 Å². The van der Waals surface area contributed by atoms with Crippen LogP contribution in [-0.4, -0.2) is 20.9 Å². The number of carbonyl (C=O) groups is 1. The average Bonchev–Trinajstić information content (AvgIpc) is 2.16. The number of nitrogens with zero attached hydrogens (tertiary/aromatic N) is 2. The first kappa shape index (κ1) is 8.92. The van der Waals surface area contributed by atoms with Crippen molar-refractivity contribution in [2.75, 3.05) is 0 Å². The summed E-state index contributed by atoms with van der Waals surface area (Å²) in [5, 5.41) is 11.3. The van der Waals surface area contributed by atoms with Gasteiger partial charge < -0.3 is 5.11 Å². The van der Waals surface area contributed by atoms with Crippen molar-refractivity contribution < 1.29 is 14.5 Å². The Kier molecular flexibility index (Phi) is 2.27. The Balaban J connectivity index is 3.14. The molecule has 2 N–H and O–H groups in total. The van der Waals surface area contributed by atoms with Gasteiger partial charge >= 0.3 is 10.7 Å². The lowest BCUT2D eigenvalue weighted by atomic mass is 10.6. The molecule has 0 radical (unpaired) electrons. The van der Waals surface area contributed by atoms with Gasteiger partial charge in [-0.1, -0.05) is 0 Å². The molecule has 0 aromatic carbocycles. The average molecular weight is 188 g/mol. The number of hydrogen-bond acceptors (Lipinski definition) is 2. The van der Waals surface area contributed by atoms with Gasteiger partial charge in [-0.25, -0.2) is 9.36 Å². The van der Waals surface area contributed by atoms with E-state index in [1.165, 1.54) is 4.57 Å². The van der Waals surface area contributed by atoms with Crippen molar-refractivity contribution >= 4 is 18.2 Å². The highest BCUT2D eigenvalue weighted by atomic mass is 32.1. The van der Waals surface area contributed by atoms with Crippen LogP contribution in [0.4, 0.5) is 0 Å². The summed E-state index contributed by atoms with van der Waals surface area (Å²) in [5.41, 5.74) is 0. The Morgan fingerprint density at radius 3 is 2.75 bits per heavy atom. The van der Waals surface area contributed by atoms with Crippen LogP contribution in [0.25, 0.3) is 0 Å². The Morgan fingerprint density at radius 1 is 1.83 bits per heavy atom. The minimum Gasteiger partial charge on any atom is -0.479 e. The predicted molar refractivity (Wildman–Crippen MR) is 43.2 cm³/mol. The third-order valence-corrected chi connectivity index (χ3v) is 1.99. The summed E-state index contributed by atoms with van der Waals surface area (Å²) < 4.78 is 3.64. The number of aromatic amines is 1. The molecule has 0 atom stereocenters. The molecule has 0 amide bonds. The van der Waals surface area contributed by atoms with Crippen LogP contribution in [0.1, 0.15) is 5.82 Å². The van der Waals surface area contributed by atoms with Gasteiger partial charge in [-0.15, -0.1) is 5.10 Å². The third-order valence-electron chi connectivity index (χ3n) is 1.68. The maximum Gasteiger partial charge on any atom is 0.338 e. The van der Waals surface area contributed by atoms with Crippen molar-refractivity contribution in [1.82, 2.24) is 9.78 Å². The summed E-state index contributed by atoms with van der Waals surface area (Å²) in [6.45, 7) is 1.71. The van der Waals surface area contributed by atoms with E-state index in [-0.39, 0.29) is 6.54 Å². The Labute approximate surface area is 74.2 Å². The van der Waals surface area contributed by atoms with E-state index < -0.39 is 5.97 Å². The predicted octanol–water partition coefficient (Wildman–Crippen LogP) is -0.237. The largest absolute Gasteiger partial charge is 0.479 e. The van der Waals surface area contributed by atoms with E-state index in [0.717, 1.165) is 5.82 Å². The highest BCUT2D eigenvalue weighted by Crippen LogP contribution is 1.86. The lowest BCUT2D eigenvalue weighted by Crippen LogP contribution is -2.40. The maximum absolute atomic E-state index is 10.4. The number of aryl methyl sites for hydroxylation is 1. The second-order valence-electron chi connectivity index (χ2n) is 2.50. The van der Waals surface area contributed by atoms with Crippen LogP contribution in [0.2, 0.25) is 0 Å². The van der Waals surface area contributed by atoms with Crippen molar-refractivity contribution in [1.29, 1.82) is 0 Å². The Bertz CT molecular complexity index is 365. The van der Waals surface area contributed by atoms with Crippen molar-refractivity contribution in [3.63, 3.8) is 0 Å². The fourth-order valence-corrected chi connectivity index (χ4v) is 1.27. The summed E-state index contributed by atoms with van der Waals surface area (Å²) in [6.07, 6.45) is 0. The fourth-order valence-electron chi connectivity index (χ4n) is 0.934. The molecular formula is C6H10N3O2S+. The van der Waals surface area contributed by atoms with Crippen LogP contribution in [0.5, 0.6) is 0 Å². The van der Waals surface area contributed by atoms with Gasteiger partial charge in [-0.2, -0.15) is 4.68 Å². The van der Waals surface area contributed by atoms with Gasteiger partial charge in [0.15, 0.2) is 6.54 Å². The molecule has 1 aromatic heterocycles. The number of aliphatic carboxylic acids is 1. The fraction of sp³-hybridized carbons (Fsp3) is 0.500. The summed E-state index contributed by atoms with van der Waals surface area (Å²) in [7, 11) is 1.78. The minimum atomic E-state index is -0.895. The number of aromatic nitrogens is 3. The normalized spacial score (nSPS) is 10.2. The topological polar surface area (TPSA) is 61.9 Å². The monoisotopic (exact) mass is 188 g/mol. The molecule has 5 nitrogen and oxygen atoms in total. The first-order valence-electron chi connectivity index (χ1n) is 3.39. The van der Waals surface area contributed by atoms with E-state index in [0.29, 0.717) is 4.77 Å². The molecule has 0 fully saturated rings. The molecule has 0 spiro atoms. The molecule has 0 saturated heterocycles. The van der Waals surface area contributed by atoms with E-state index in [9.17, 15) is 4.79 Å². The van der Waals surface area contributed by atoms with Gasteiger partial charge in [-0.05, 0) is 12.2 Å². The zero-order chi connectivity index (χ0) is 9.30. The zero-order valence-corrected chi connectivity index (χ0v) is 7.68. The van der Waals surface area contributed by atoms with E-state index >= 15 is 0 Å². The van der Waals surface area contributed by atoms with E-state index in [2.05, 4.69) is 5.10 Å². The number of hydrogen-bond donors (Lipinski definition) is 2.